The van der Waals surface area contributed by atoms with Gasteiger partial charge in [-0.2, -0.15) is 0 Å². The van der Waals surface area contributed by atoms with Crippen LogP contribution in [-0.4, -0.2) is 24.9 Å². The molecular formula is C20H40N2O2. The van der Waals surface area contributed by atoms with Crippen molar-refractivity contribution in [1.29, 1.82) is 0 Å². The Bertz CT molecular complexity index is 336. The van der Waals surface area contributed by atoms with Crippen LogP contribution >= 0.6 is 0 Å². The second-order valence-electron chi connectivity index (χ2n) is 7.46. The molecule has 0 saturated carbocycles. The highest BCUT2D eigenvalue weighted by Gasteiger charge is 2.29. The first kappa shape index (κ1) is 22.9. The SMILES string of the molecule is CCC(C)(CC)C(=O)NCCCCCCNC(=O)C(C)(CC)CC. The van der Waals surface area contributed by atoms with E-state index in [1.165, 1.54) is 0 Å². The Kier molecular flexibility index (Phi) is 11.0. The first-order chi connectivity index (χ1) is 11.3. The summed E-state index contributed by atoms with van der Waals surface area (Å²) in [4.78, 5) is 24.3. The fraction of sp³-hybridized carbons (Fsp3) is 0.900. The average molecular weight is 341 g/mol. The van der Waals surface area contributed by atoms with Crippen LogP contribution in [0.1, 0.15) is 92.9 Å². The summed E-state index contributed by atoms with van der Waals surface area (Å²) in [7, 11) is 0. The topological polar surface area (TPSA) is 58.2 Å². The average Bonchev–Trinajstić information content (AvgIpc) is 2.61. The molecule has 4 nitrogen and oxygen atoms in total. The van der Waals surface area contributed by atoms with E-state index in [4.69, 9.17) is 0 Å². The predicted molar refractivity (Wildman–Crippen MR) is 102 cm³/mol. The van der Waals surface area contributed by atoms with Crippen molar-refractivity contribution < 1.29 is 9.59 Å². The van der Waals surface area contributed by atoms with E-state index in [1.807, 2.05) is 13.8 Å². The molecule has 0 bridgehead atoms. The van der Waals surface area contributed by atoms with Gasteiger partial charge in [-0.25, -0.2) is 0 Å². The van der Waals surface area contributed by atoms with Crippen molar-refractivity contribution in [3.63, 3.8) is 0 Å². The monoisotopic (exact) mass is 340 g/mol. The number of rotatable bonds is 13. The second kappa shape index (κ2) is 11.5. The van der Waals surface area contributed by atoms with E-state index < -0.39 is 0 Å². The summed E-state index contributed by atoms with van der Waals surface area (Å²) in [6.45, 7) is 13.9. The Morgan fingerprint density at radius 1 is 0.625 bits per heavy atom. The van der Waals surface area contributed by atoms with Gasteiger partial charge in [0, 0.05) is 23.9 Å². The predicted octanol–water partition coefficient (Wildman–Crippen LogP) is 4.43. The maximum absolute atomic E-state index is 12.1. The van der Waals surface area contributed by atoms with Crippen molar-refractivity contribution in [2.45, 2.75) is 92.9 Å². The van der Waals surface area contributed by atoms with Gasteiger partial charge in [-0.05, 0) is 38.5 Å². The third-order valence-corrected chi connectivity index (χ3v) is 5.89. The maximum Gasteiger partial charge on any atom is 0.225 e. The molecular weight excluding hydrogens is 300 g/mol. The van der Waals surface area contributed by atoms with Crippen molar-refractivity contribution in [1.82, 2.24) is 10.6 Å². The molecule has 0 aliphatic heterocycles. The quantitative estimate of drug-likeness (QED) is 0.487. The number of hydrogen-bond donors (Lipinski definition) is 2. The van der Waals surface area contributed by atoms with Crippen molar-refractivity contribution in [3.05, 3.63) is 0 Å². The Hall–Kier alpha value is -1.06. The largest absolute Gasteiger partial charge is 0.356 e. The highest BCUT2D eigenvalue weighted by atomic mass is 16.2. The molecule has 0 aromatic carbocycles. The van der Waals surface area contributed by atoms with Crippen LogP contribution in [0.2, 0.25) is 0 Å². The number of unbranched alkanes of at least 4 members (excludes halogenated alkanes) is 3. The number of hydrogen-bond acceptors (Lipinski definition) is 2. The zero-order valence-corrected chi connectivity index (χ0v) is 16.9. The third-order valence-electron chi connectivity index (χ3n) is 5.89. The maximum atomic E-state index is 12.1. The minimum Gasteiger partial charge on any atom is -0.356 e. The van der Waals surface area contributed by atoms with Crippen molar-refractivity contribution >= 4 is 11.8 Å². The van der Waals surface area contributed by atoms with E-state index in [9.17, 15) is 9.59 Å². The summed E-state index contributed by atoms with van der Waals surface area (Å²) >= 11 is 0. The number of amides is 2. The molecule has 0 aliphatic rings. The Morgan fingerprint density at radius 3 is 1.17 bits per heavy atom. The molecule has 0 heterocycles. The van der Waals surface area contributed by atoms with Crippen LogP contribution in [0.3, 0.4) is 0 Å². The Labute approximate surface area is 149 Å². The van der Waals surface area contributed by atoms with E-state index in [0.717, 1.165) is 64.5 Å². The highest BCUT2D eigenvalue weighted by molar-refractivity contribution is 5.82. The summed E-state index contributed by atoms with van der Waals surface area (Å²) in [5, 5.41) is 6.12. The van der Waals surface area contributed by atoms with E-state index in [2.05, 4.69) is 38.3 Å². The zero-order chi connectivity index (χ0) is 18.6. The van der Waals surface area contributed by atoms with Gasteiger partial charge in [-0.3, -0.25) is 9.59 Å². The van der Waals surface area contributed by atoms with Gasteiger partial charge in [0.25, 0.3) is 0 Å². The van der Waals surface area contributed by atoms with Crippen molar-refractivity contribution in [3.8, 4) is 0 Å². The first-order valence-electron chi connectivity index (χ1n) is 9.86. The molecule has 0 rings (SSSR count). The summed E-state index contributed by atoms with van der Waals surface area (Å²) < 4.78 is 0. The summed E-state index contributed by atoms with van der Waals surface area (Å²) in [5.74, 6) is 0.358. The van der Waals surface area contributed by atoms with Gasteiger partial charge >= 0.3 is 0 Å². The lowest BCUT2D eigenvalue weighted by Gasteiger charge is -2.25. The highest BCUT2D eigenvalue weighted by Crippen LogP contribution is 2.26. The zero-order valence-electron chi connectivity index (χ0n) is 16.9. The molecule has 0 saturated heterocycles. The second-order valence-corrected chi connectivity index (χ2v) is 7.46. The molecule has 0 aromatic heterocycles. The smallest absolute Gasteiger partial charge is 0.225 e. The molecule has 0 atom stereocenters. The molecule has 2 N–H and O–H groups in total. The van der Waals surface area contributed by atoms with Crippen LogP contribution in [0, 0.1) is 10.8 Å². The molecule has 4 heteroatoms. The van der Waals surface area contributed by atoms with E-state index >= 15 is 0 Å². The lowest BCUT2D eigenvalue weighted by Crippen LogP contribution is -2.38. The van der Waals surface area contributed by atoms with E-state index in [-0.39, 0.29) is 22.6 Å². The van der Waals surface area contributed by atoms with Crippen LogP contribution in [0.15, 0.2) is 0 Å². The molecule has 0 radical (unpaired) electrons. The molecule has 142 valence electrons. The van der Waals surface area contributed by atoms with Crippen LogP contribution in [-0.2, 0) is 9.59 Å². The van der Waals surface area contributed by atoms with Crippen molar-refractivity contribution in [2.24, 2.45) is 10.8 Å². The number of carbonyl (C=O) groups excluding carboxylic acids is 2. The van der Waals surface area contributed by atoms with Crippen LogP contribution in [0.25, 0.3) is 0 Å². The summed E-state index contributed by atoms with van der Waals surface area (Å²) in [6.07, 6.45) is 7.70. The number of nitrogens with one attached hydrogen (secondary N) is 2. The van der Waals surface area contributed by atoms with Gasteiger partial charge < -0.3 is 10.6 Å². The third kappa shape index (κ3) is 7.23. The Balaban J connectivity index is 3.76. The molecule has 0 aromatic rings. The van der Waals surface area contributed by atoms with Gasteiger partial charge in [-0.1, -0.05) is 54.4 Å². The fourth-order valence-electron chi connectivity index (χ4n) is 2.58. The molecule has 0 spiro atoms. The Morgan fingerprint density at radius 2 is 0.917 bits per heavy atom. The molecule has 0 unspecified atom stereocenters. The number of carbonyl (C=O) groups is 2. The van der Waals surface area contributed by atoms with E-state index in [0.29, 0.717) is 0 Å². The standard InChI is InChI=1S/C20H40N2O2/c1-7-19(5,8-2)17(23)21-15-13-11-12-14-16-22-18(24)20(6,9-3)10-4/h7-16H2,1-6H3,(H,21,23)(H,22,24). The van der Waals surface area contributed by atoms with Gasteiger partial charge in [0.2, 0.25) is 11.8 Å². The molecule has 2 amide bonds. The lowest BCUT2D eigenvalue weighted by atomic mass is 9.84. The van der Waals surface area contributed by atoms with Crippen LogP contribution < -0.4 is 10.6 Å². The first-order valence-corrected chi connectivity index (χ1v) is 9.86. The normalized spacial score (nSPS) is 12.1. The van der Waals surface area contributed by atoms with Crippen LogP contribution in [0.4, 0.5) is 0 Å². The summed E-state index contributed by atoms with van der Waals surface area (Å²) in [5.41, 5.74) is -0.453. The van der Waals surface area contributed by atoms with Crippen LogP contribution in [0.5, 0.6) is 0 Å². The lowest BCUT2D eigenvalue weighted by molar-refractivity contribution is -0.131. The van der Waals surface area contributed by atoms with Gasteiger partial charge in [0.05, 0.1) is 0 Å². The minimum atomic E-state index is -0.227. The van der Waals surface area contributed by atoms with Crippen molar-refractivity contribution in [2.75, 3.05) is 13.1 Å². The fourth-order valence-corrected chi connectivity index (χ4v) is 2.58. The molecule has 0 fully saturated rings. The minimum absolute atomic E-state index is 0.179. The van der Waals surface area contributed by atoms with Gasteiger partial charge in [-0.15, -0.1) is 0 Å². The summed E-state index contributed by atoms with van der Waals surface area (Å²) in [6, 6.07) is 0. The van der Waals surface area contributed by atoms with E-state index in [1.54, 1.807) is 0 Å². The van der Waals surface area contributed by atoms with Gasteiger partial charge in [0.15, 0.2) is 0 Å². The van der Waals surface area contributed by atoms with Gasteiger partial charge in [0.1, 0.15) is 0 Å². The molecule has 0 aliphatic carbocycles. The molecule has 24 heavy (non-hydrogen) atoms.